The number of carbonyl (C=O) groups excluding carboxylic acids is 2. The van der Waals surface area contributed by atoms with E-state index in [1.807, 2.05) is 4.90 Å². The van der Waals surface area contributed by atoms with Gasteiger partial charge in [-0.25, -0.2) is 4.79 Å². The number of hydrogen-bond acceptors (Lipinski definition) is 7. The summed E-state index contributed by atoms with van der Waals surface area (Å²) in [5, 5.41) is 18.9. The van der Waals surface area contributed by atoms with Crippen LogP contribution in [0.3, 0.4) is 0 Å². The first-order valence-electron chi connectivity index (χ1n) is 13.6. The number of aromatic nitrogens is 1. The highest BCUT2D eigenvalue weighted by Crippen LogP contribution is 2.34. The molecule has 0 radical (unpaired) electrons. The predicted octanol–water partition coefficient (Wildman–Crippen LogP) is 6.63. The second-order valence-corrected chi connectivity index (χ2v) is 9.65. The van der Waals surface area contributed by atoms with Crippen LogP contribution in [0.2, 0.25) is 0 Å². The summed E-state index contributed by atoms with van der Waals surface area (Å²) in [5.74, 6) is -1.52. The molecular weight excluding hydrogens is 484 g/mol. The molecule has 0 bridgehead atoms. The van der Waals surface area contributed by atoms with Gasteiger partial charge in [-0.2, -0.15) is 5.11 Å². The molecule has 1 heterocycles. The van der Waals surface area contributed by atoms with Gasteiger partial charge in [0.15, 0.2) is 5.69 Å². The molecule has 0 saturated heterocycles. The van der Waals surface area contributed by atoms with Gasteiger partial charge in [-0.15, -0.1) is 5.11 Å². The second kappa shape index (κ2) is 15.1. The Morgan fingerprint density at radius 1 is 0.974 bits per heavy atom. The Bertz CT molecular complexity index is 1170. The fourth-order valence-electron chi connectivity index (χ4n) is 4.19. The molecule has 0 unspecified atom stereocenters. The van der Waals surface area contributed by atoms with Gasteiger partial charge in [-0.1, -0.05) is 53.4 Å². The first-order chi connectivity index (χ1) is 18.2. The van der Waals surface area contributed by atoms with Gasteiger partial charge in [0.05, 0.1) is 12.3 Å². The highest BCUT2D eigenvalue weighted by atomic mass is 16.5. The normalized spacial score (nSPS) is 11.3. The highest BCUT2D eigenvalue weighted by molar-refractivity contribution is 5.95. The molecule has 1 aromatic carbocycles. The van der Waals surface area contributed by atoms with Crippen LogP contribution in [0.15, 0.2) is 39.3 Å². The lowest BCUT2D eigenvalue weighted by Gasteiger charge is -2.22. The van der Waals surface area contributed by atoms with E-state index in [0.29, 0.717) is 11.3 Å². The minimum atomic E-state index is -0.731. The van der Waals surface area contributed by atoms with E-state index in [2.05, 4.69) is 24.1 Å². The summed E-state index contributed by atoms with van der Waals surface area (Å²) in [4.78, 5) is 40.6. The zero-order chi connectivity index (χ0) is 28.2. The third-order valence-corrected chi connectivity index (χ3v) is 6.36. The van der Waals surface area contributed by atoms with Crippen LogP contribution in [-0.2, 0) is 11.8 Å². The fraction of sp³-hybridized carbons (Fsp3) is 0.552. The summed E-state index contributed by atoms with van der Waals surface area (Å²) in [5.41, 5.74) is 0.584. The van der Waals surface area contributed by atoms with Gasteiger partial charge >= 0.3 is 5.97 Å². The molecule has 0 atom stereocenters. The lowest BCUT2D eigenvalue weighted by molar-refractivity contribution is 0.0519. The number of carbonyl (C=O) groups is 2. The number of hydrogen-bond donors (Lipinski definition) is 1. The zero-order valence-corrected chi connectivity index (χ0v) is 23.6. The molecule has 0 saturated carbocycles. The molecule has 0 spiro atoms. The number of amides is 1. The first kappa shape index (κ1) is 30.7. The molecule has 2 rings (SSSR count). The zero-order valence-electron chi connectivity index (χ0n) is 23.6. The van der Waals surface area contributed by atoms with Gasteiger partial charge in [-0.05, 0) is 49.9 Å². The quantitative estimate of drug-likeness (QED) is 0.169. The monoisotopic (exact) mass is 526 g/mol. The molecule has 2 aromatic rings. The minimum absolute atomic E-state index is 0.00739. The number of azo groups is 1. The van der Waals surface area contributed by atoms with Crippen molar-refractivity contribution in [3.8, 4) is 5.88 Å². The Labute approximate surface area is 225 Å². The number of ether oxygens (including phenoxy) is 1. The van der Waals surface area contributed by atoms with Crippen molar-refractivity contribution in [3.63, 3.8) is 0 Å². The Kier molecular flexibility index (Phi) is 12.2. The van der Waals surface area contributed by atoms with Gasteiger partial charge in [0.25, 0.3) is 11.5 Å². The van der Waals surface area contributed by atoms with Crippen molar-refractivity contribution in [3.05, 3.63) is 51.3 Å². The molecule has 0 fully saturated rings. The van der Waals surface area contributed by atoms with Crippen molar-refractivity contribution in [1.82, 2.24) is 9.47 Å². The van der Waals surface area contributed by atoms with Crippen LogP contribution in [0.4, 0.5) is 11.4 Å². The van der Waals surface area contributed by atoms with E-state index in [1.54, 1.807) is 45.0 Å². The standard InChI is InChI=1S/C29H42N4O5/c1-7-10-12-13-19-33(18-11-8-2)26(34)21-14-16-22(17-15-21)30-31-25-23(20(4)5)24(29(37)38-9-3)27(35)32(6)28(25)36/h14-17,20,35H,7-13,18-19H2,1-6H3. The molecule has 0 aliphatic rings. The van der Waals surface area contributed by atoms with Crippen LogP contribution < -0.4 is 5.56 Å². The molecule has 1 N–H and O–H groups in total. The molecule has 208 valence electrons. The van der Waals surface area contributed by atoms with E-state index in [9.17, 15) is 19.5 Å². The topological polar surface area (TPSA) is 114 Å². The van der Waals surface area contributed by atoms with Crippen molar-refractivity contribution in [2.75, 3.05) is 19.7 Å². The number of rotatable bonds is 14. The van der Waals surface area contributed by atoms with Crippen LogP contribution in [0.5, 0.6) is 5.88 Å². The van der Waals surface area contributed by atoms with Crippen molar-refractivity contribution >= 4 is 23.3 Å². The summed E-state index contributed by atoms with van der Waals surface area (Å²) < 4.78 is 6.06. The summed E-state index contributed by atoms with van der Waals surface area (Å²) >= 11 is 0. The molecule has 0 aliphatic heterocycles. The molecule has 0 aliphatic carbocycles. The van der Waals surface area contributed by atoms with E-state index in [4.69, 9.17) is 4.74 Å². The van der Waals surface area contributed by atoms with Crippen molar-refractivity contribution in [2.24, 2.45) is 17.3 Å². The van der Waals surface area contributed by atoms with Crippen LogP contribution in [0.25, 0.3) is 0 Å². The summed E-state index contributed by atoms with van der Waals surface area (Å²) in [7, 11) is 1.36. The lowest BCUT2D eigenvalue weighted by Crippen LogP contribution is -2.32. The summed E-state index contributed by atoms with van der Waals surface area (Å²) in [6.07, 6.45) is 6.39. The Morgan fingerprint density at radius 3 is 2.18 bits per heavy atom. The fourth-order valence-corrected chi connectivity index (χ4v) is 4.19. The molecular formula is C29H42N4O5. The molecule has 1 amide bonds. The lowest BCUT2D eigenvalue weighted by atomic mass is 9.96. The minimum Gasteiger partial charge on any atom is -0.494 e. The highest BCUT2D eigenvalue weighted by Gasteiger charge is 2.28. The van der Waals surface area contributed by atoms with E-state index >= 15 is 0 Å². The Balaban J connectivity index is 2.35. The van der Waals surface area contributed by atoms with Gasteiger partial charge in [0, 0.05) is 31.3 Å². The maximum absolute atomic E-state index is 13.2. The van der Waals surface area contributed by atoms with E-state index in [1.165, 1.54) is 13.5 Å². The predicted molar refractivity (Wildman–Crippen MR) is 149 cm³/mol. The van der Waals surface area contributed by atoms with Crippen molar-refractivity contribution < 1.29 is 19.4 Å². The first-order valence-corrected chi connectivity index (χ1v) is 13.6. The van der Waals surface area contributed by atoms with Crippen LogP contribution in [-0.4, -0.2) is 46.1 Å². The number of benzene rings is 1. The number of unbranched alkanes of at least 4 members (excludes halogenated alkanes) is 4. The molecule has 1 aromatic heterocycles. The van der Waals surface area contributed by atoms with Crippen LogP contribution >= 0.6 is 0 Å². The number of aromatic hydroxyl groups is 1. The second-order valence-electron chi connectivity index (χ2n) is 9.65. The maximum Gasteiger partial charge on any atom is 0.343 e. The number of pyridine rings is 1. The van der Waals surface area contributed by atoms with Gasteiger partial charge in [0.1, 0.15) is 5.56 Å². The molecule has 9 nitrogen and oxygen atoms in total. The van der Waals surface area contributed by atoms with Crippen LogP contribution in [0.1, 0.15) is 105 Å². The van der Waals surface area contributed by atoms with E-state index in [-0.39, 0.29) is 35.2 Å². The summed E-state index contributed by atoms with van der Waals surface area (Å²) in [6.45, 7) is 11.1. The average molecular weight is 527 g/mol. The Morgan fingerprint density at radius 2 is 1.61 bits per heavy atom. The van der Waals surface area contributed by atoms with Gasteiger partial charge < -0.3 is 14.7 Å². The third-order valence-electron chi connectivity index (χ3n) is 6.36. The summed E-state index contributed by atoms with van der Waals surface area (Å²) in [6, 6.07) is 6.78. The molecule has 9 heteroatoms. The Hall–Kier alpha value is -3.49. The SMILES string of the molecule is CCCCCCN(CCCC)C(=O)c1ccc(N=Nc2c(C(C)C)c(C(=O)OCC)c(O)n(C)c2=O)cc1. The van der Waals surface area contributed by atoms with Crippen molar-refractivity contribution in [1.29, 1.82) is 0 Å². The maximum atomic E-state index is 13.2. The smallest absolute Gasteiger partial charge is 0.343 e. The van der Waals surface area contributed by atoms with Crippen molar-refractivity contribution in [2.45, 2.75) is 79.1 Å². The third kappa shape index (κ3) is 7.76. The van der Waals surface area contributed by atoms with Gasteiger partial charge in [-0.3, -0.25) is 14.2 Å². The van der Waals surface area contributed by atoms with E-state index in [0.717, 1.165) is 49.8 Å². The largest absolute Gasteiger partial charge is 0.494 e. The average Bonchev–Trinajstić information content (AvgIpc) is 2.90. The number of esters is 1. The van der Waals surface area contributed by atoms with Gasteiger partial charge in [0.2, 0.25) is 5.88 Å². The van der Waals surface area contributed by atoms with Crippen LogP contribution in [0, 0.1) is 0 Å². The van der Waals surface area contributed by atoms with E-state index < -0.39 is 17.4 Å². The number of nitrogens with zero attached hydrogens (tertiary/aromatic N) is 4. The molecule has 38 heavy (non-hydrogen) atoms.